The third-order valence-corrected chi connectivity index (χ3v) is 2.81. The summed E-state index contributed by atoms with van der Waals surface area (Å²) in [6.07, 6.45) is 0. The van der Waals surface area contributed by atoms with Gasteiger partial charge in [-0.1, -0.05) is 12.1 Å². The van der Waals surface area contributed by atoms with Gasteiger partial charge in [0.1, 0.15) is 0 Å². The van der Waals surface area contributed by atoms with E-state index in [2.05, 4.69) is 0 Å². The van der Waals surface area contributed by atoms with Crippen LogP contribution in [0.3, 0.4) is 0 Å². The summed E-state index contributed by atoms with van der Waals surface area (Å²) in [5, 5.41) is 8.67. The smallest absolute Gasteiger partial charge is 0.392 e. The van der Waals surface area contributed by atoms with E-state index in [9.17, 15) is 21.6 Å². The van der Waals surface area contributed by atoms with Crippen molar-refractivity contribution in [2.75, 3.05) is 4.72 Å². The molecule has 0 aromatic heterocycles. The molecule has 4 nitrogen and oxygen atoms in total. The highest BCUT2D eigenvalue weighted by molar-refractivity contribution is 7.93. The first-order valence-electron chi connectivity index (χ1n) is 4.05. The number of nitrogens with one attached hydrogen (secondary N) is 1. The molecule has 16 heavy (non-hydrogen) atoms. The van der Waals surface area contributed by atoms with Crippen LogP contribution in [-0.4, -0.2) is 19.0 Å². The Kier molecular flexibility index (Phi) is 3.44. The molecule has 0 aliphatic heterocycles. The molecule has 0 unspecified atom stereocenters. The predicted octanol–water partition coefficient (Wildman–Crippen LogP) is 1.44. The van der Waals surface area contributed by atoms with Crippen LogP contribution in [-0.2, 0) is 16.6 Å². The van der Waals surface area contributed by atoms with Gasteiger partial charge in [-0.25, -0.2) is 0 Å². The number of benzene rings is 1. The highest BCUT2D eigenvalue weighted by atomic mass is 32.2. The largest absolute Gasteiger partial charge is 0.516 e. The van der Waals surface area contributed by atoms with Crippen molar-refractivity contribution in [1.82, 2.24) is 0 Å². The van der Waals surface area contributed by atoms with E-state index in [1.54, 1.807) is 0 Å². The molecule has 2 N–H and O–H groups in total. The van der Waals surface area contributed by atoms with E-state index in [0.29, 0.717) is 5.56 Å². The Morgan fingerprint density at radius 3 is 2.06 bits per heavy atom. The summed E-state index contributed by atoms with van der Waals surface area (Å²) >= 11 is 0. The summed E-state index contributed by atoms with van der Waals surface area (Å²) < 4.78 is 58.7. The highest BCUT2D eigenvalue weighted by Gasteiger charge is 2.45. The van der Waals surface area contributed by atoms with E-state index in [0.717, 1.165) is 12.1 Å². The van der Waals surface area contributed by atoms with Crippen molar-refractivity contribution in [3.63, 3.8) is 0 Å². The lowest BCUT2D eigenvalue weighted by Gasteiger charge is -2.10. The molecule has 0 bridgehead atoms. The third kappa shape index (κ3) is 2.86. The number of hydrogen-bond acceptors (Lipinski definition) is 3. The first-order chi connectivity index (χ1) is 7.26. The fourth-order valence-corrected chi connectivity index (χ4v) is 1.45. The number of hydrogen-bond donors (Lipinski definition) is 2. The number of halogens is 3. The van der Waals surface area contributed by atoms with Gasteiger partial charge in [0, 0.05) is 5.69 Å². The normalized spacial score (nSPS) is 12.5. The van der Waals surface area contributed by atoms with Crippen LogP contribution in [0.1, 0.15) is 5.56 Å². The minimum absolute atomic E-state index is 0.213. The SMILES string of the molecule is O=S(=O)(Nc1ccc(CO)cc1)C(F)(F)F. The molecular weight excluding hydrogens is 247 g/mol. The van der Waals surface area contributed by atoms with E-state index in [-0.39, 0.29) is 12.3 Å². The lowest BCUT2D eigenvalue weighted by atomic mass is 10.2. The van der Waals surface area contributed by atoms with Crippen LogP contribution in [0, 0.1) is 0 Å². The highest BCUT2D eigenvalue weighted by Crippen LogP contribution is 2.25. The van der Waals surface area contributed by atoms with Gasteiger partial charge in [0.05, 0.1) is 6.61 Å². The first kappa shape index (κ1) is 12.8. The van der Waals surface area contributed by atoms with E-state index in [1.165, 1.54) is 16.9 Å². The van der Waals surface area contributed by atoms with Gasteiger partial charge < -0.3 is 5.11 Å². The van der Waals surface area contributed by atoms with E-state index >= 15 is 0 Å². The summed E-state index contributed by atoms with van der Waals surface area (Å²) in [6, 6.07) is 4.89. The van der Waals surface area contributed by atoms with Gasteiger partial charge in [0.15, 0.2) is 0 Å². The van der Waals surface area contributed by atoms with Gasteiger partial charge >= 0.3 is 15.5 Å². The van der Waals surface area contributed by atoms with Crippen LogP contribution in [0.25, 0.3) is 0 Å². The second kappa shape index (κ2) is 4.30. The maximum Gasteiger partial charge on any atom is 0.516 e. The first-order valence-corrected chi connectivity index (χ1v) is 5.53. The lowest BCUT2D eigenvalue weighted by Crippen LogP contribution is -2.29. The number of alkyl halides is 3. The Morgan fingerprint density at radius 2 is 1.69 bits per heavy atom. The molecule has 0 radical (unpaired) electrons. The van der Waals surface area contributed by atoms with Crippen molar-refractivity contribution in [2.24, 2.45) is 0 Å². The van der Waals surface area contributed by atoms with Gasteiger partial charge in [-0.3, -0.25) is 4.72 Å². The standard InChI is InChI=1S/C8H8F3NO3S/c9-8(10,11)16(14,15)12-7-3-1-6(5-13)2-4-7/h1-4,12-13H,5H2. The summed E-state index contributed by atoms with van der Waals surface area (Å²) in [7, 11) is -5.38. The molecule has 0 saturated heterocycles. The average molecular weight is 255 g/mol. The maximum absolute atomic E-state index is 12.0. The number of rotatable bonds is 3. The van der Waals surface area contributed by atoms with Gasteiger partial charge in [0.25, 0.3) is 0 Å². The molecule has 1 aromatic rings. The molecule has 0 aliphatic carbocycles. The van der Waals surface area contributed by atoms with Crippen LogP contribution < -0.4 is 4.72 Å². The number of sulfonamides is 1. The Morgan fingerprint density at radius 1 is 1.19 bits per heavy atom. The second-order valence-corrected chi connectivity index (χ2v) is 4.58. The lowest BCUT2D eigenvalue weighted by molar-refractivity contribution is -0.0429. The van der Waals surface area contributed by atoms with Gasteiger partial charge in [-0.2, -0.15) is 21.6 Å². The molecule has 0 atom stereocenters. The van der Waals surface area contributed by atoms with Gasteiger partial charge in [0.2, 0.25) is 0 Å². The molecule has 0 heterocycles. The Hall–Kier alpha value is -1.28. The molecule has 1 rings (SSSR count). The van der Waals surface area contributed by atoms with Crippen molar-refractivity contribution in [2.45, 2.75) is 12.1 Å². The minimum Gasteiger partial charge on any atom is -0.392 e. The second-order valence-electron chi connectivity index (χ2n) is 2.91. The van der Waals surface area contributed by atoms with Crippen molar-refractivity contribution in [1.29, 1.82) is 0 Å². The minimum atomic E-state index is -5.38. The van der Waals surface area contributed by atoms with Crippen LogP contribution in [0.15, 0.2) is 24.3 Å². The predicted molar refractivity (Wildman–Crippen MR) is 51.0 cm³/mol. The van der Waals surface area contributed by atoms with Crippen molar-refractivity contribution >= 4 is 15.7 Å². The maximum atomic E-state index is 12.0. The van der Waals surface area contributed by atoms with E-state index in [1.807, 2.05) is 0 Å². The molecule has 1 aromatic carbocycles. The van der Waals surface area contributed by atoms with Crippen molar-refractivity contribution in [3.05, 3.63) is 29.8 Å². The monoisotopic (exact) mass is 255 g/mol. The number of aliphatic hydroxyl groups is 1. The zero-order valence-electron chi connectivity index (χ0n) is 7.82. The summed E-state index contributed by atoms with van der Waals surface area (Å²) in [6.45, 7) is -0.272. The molecule has 0 spiro atoms. The third-order valence-electron chi connectivity index (χ3n) is 1.69. The average Bonchev–Trinajstić information content (AvgIpc) is 2.16. The molecule has 8 heteroatoms. The van der Waals surface area contributed by atoms with Crippen molar-refractivity contribution < 1.29 is 26.7 Å². The quantitative estimate of drug-likeness (QED) is 0.858. The summed E-state index contributed by atoms with van der Waals surface area (Å²) in [5.74, 6) is 0. The molecule has 0 fully saturated rings. The number of anilines is 1. The molecule has 0 saturated carbocycles. The van der Waals surface area contributed by atoms with Gasteiger partial charge in [-0.05, 0) is 17.7 Å². The van der Waals surface area contributed by atoms with Crippen LogP contribution in [0.2, 0.25) is 0 Å². The number of aliphatic hydroxyl groups excluding tert-OH is 1. The topological polar surface area (TPSA) is 66.4 Å². The molecule has 90 valence electrons. The summed E-state index contributed by atoms with van der Waals surface area (Å²) in [4.78, 5) is 0. The van der Waals surface area contributed by atoms with Crippen LogP contribution in [0.5, 0.6) is 0 Å². The zero-order valence-corrected chi connectivity index (χ0v) is 8.64. The van der Waals surface area contributed by atoms with Crippen LogP contribution in [0.4, 0.5) is 18.9 Å². The molecular formula is C8H8F3NO3S. The molecule has 0 amide bonds. The van der Waals surface area contributed by atoms with Crippen LogP contribution >= 0.6 is 0 Å². The summed E-state index contributed by atoms with van der Waals surface area (Å²) in [5.41, 5.74) is -5.09. The fraction of sp³-hybridized carbons (Fsp3) is 0.250. The van der Waals surface area contributed by atoms with E-state index in [4.69, 9.17) is 5.11 Å². The Bertz CT molecular complexity index is 452. The molecule has 0 aliphatic rings. The van der Waals surface area contributed by atoms with Gasteiger partial charge in [-0.15, -0.1) is 0 Å². The van der Waals surface area contributed by atoms with Crippen molar-refractivity contribution in [3.8, 4) is 0 Å². The van der Waals surface area contributed by atoms with E-state index < -0.39 is 15.5 Å². The Labute approximate surface area is 89.8 Å². The zero-order chi connectivity index (χ0) is 12.4. The Balaban J connectivity index is 2.89. The fourth-order valence-electron chi connectivity index (χ4n) is 0.891.